The number of rotatable bonds is 3. The second-order valence-corrected chi connectivity index (χ2v) is 6.82. The van der Waals surface area contributed by atoms with Crippen molar-refractivity contribution in [2.24, 2.45) is 0 Å². The second kappa shape index (κ2) is 5.40. The van der Waals surface area contributed by atoms with Crippen LogP contribution in [-0.2, 0) is 0 Å². The normalized spacial score (nSPS) is 29.0. The molecule has 1 unspecified atom stereocenters. The Morgan fingerprint density at radius 1 is 1.24 bits per heavy atom. The molecule has 17 heavy (non-hydrogen) atoms. The highest BCUT2D eigenvalue weighted by Gasteiger charge is 2.27. The Kier molecular flexibility index (Phi) is 4.09. The predicted molar refractivity (Wildman–Crippen MR) is 76.9 cm³/mol. The standard InChI is InChI=1S/C15H23OP/c1-3-16-14-6-4-12(5-7-14)13-8-10-15(2,17)11-9-13/h4-7,13H,3,8-11,17H2,1-2H3. The van der Waals surface area contributed by atoms with Crippen LogP contribution in [0.5, 0.6) is 5.75 Å². The molecule has 2 heteroatoms. The van der Waals surface area contributed by atoms with Gasteiger partial charge in [-0.1, -0.05) is 19.1 Å². The van der Waals surface area contributed by atoms with Gasteiger partial charge in [-0.25, -0.2) is 0 Å². The highest BCUT2D eigenvalue weighted by Crippen LogP contribution is 2.42. The lowest BCUT2D eigenvalue weighted by Gasteiger charge is -2.34. The zero-order valence-corrected chi connectivity index (χ0v) is 12.1. The van der Waals surface area contributed by atoms with E-state index in [0.29, 0.717) is 5.16 Å². The topological polar surface area (TPSA) is 9.23 Å². The lowest BCUT2D eigenvalue weighted by atomic mass is 9.79. The molecule has 1 aromatic carbocycles. The summed E-state index contributed by atoms with van der Waals surface area (Å²) in [6.07, 6.45) is 5.26. The largest absolute Gasteiger partial charge is 0.494 e. The van der Waals surface area contributed by atoms with Gasteiger partial charge >= 0.3 is 0 Å². The van der Waals surface area contributed by atoms with E-state index >= 15 is 0 Å². The summed E-state index contributed by atoms with van der Waals surface area (Å²) in [6, 6.07) is 8.68. The number of hydrogen-bond acceptors (Lipinski definition) is 1. The number of benzene rings is 1. The minimum absolute atomic E-state index is 0.474. The van der Waals surface area contributed by atoms with Crippen molar-refractivity contribution in [3.8, 4) is 5.75 Å². The molecule has 0 amide bonds. The summed E-state index contributed by atoms with van der Waals surface area (Å²) in [5.41, 5.74) is 1.48. The molecule has 2 rings (SSSR count). The first-order valence-electron chi connectivity index (χ1n) is 6.62. The van der Waals surface area contributed by atoms with Gasteiger partial charge in [-0.15, -0.1) is 9.24 Å². The first kappa shape index (κ1) is 12.9. The van der Waals surface area contributed by atoms with Crippen molar-refractivity contribution in [3.63, 3.8) is 0 Å². The highest BCUT2D eigenvalue weighted by molar-refractivity contribution is 7.18. The summed E-state index contributed by atoms with van der Waals surface area (Å²) in [4.78, 5) is 0. The summed E-state index contributed by atoms with van der Waals surface area (Å²) >= 11 is 0. The van der Waals surface area contributed by atoms with Crippen molar-refractivity contribution in [2.75, 3.05) is 6.61 Å². The van der Waals surface area contributed by atoms with Crippen LogP contribution >= 0.6 is 9.24 Å². The Bertz CT molecular complexity index is 346. The van der Waals surface area contributed by atoms with E-state index < -0.39 is 0 Å². The van der Waals surface area contributed by atoms with Crippen LogP contribution in [0, 0.1) is 0 Å². The molecule has 0 heterocycles. The molecule has 0 saturated heterocycles. The third kappa shape index (κ3) is 3.45. The maximum atomic E-state index is 5.48. The van der Waals surface area contributed by atoms with E-state index in [-0.39, 0.29) is 0 Å². The van der Waals surface area contributed by atoms with Crippen molar-refractivity contribution in [1.82, 2.24) is 0 Å². The van der Waals surface area contributed by atoms with Gasteiger partial charge in [-0.05, 0) is 61.4 Å². The minimum atomic E-state index is 0.474. The van der Waals surface area contributed by atoms with Crippen LogP contribution in [0.15, 0.2) is 24.3 Å². The lowest BCUT2D eigenvalue weighted by Crippen LogP contribution is -2.23. The molecule has 0 bridgehead atoms. The van der Waals surface area contributed by atoms with Gasteiger partial charge in [0.05, 0.1) is 6.61 Å². The summed E-state index contributed by atoms with van der Waals surface area (Å²) in [5.74, 6) is 1.74. The van der Waals surface area contributed by atoms with E-state index in [2.05, 4.69) is 40.4 Å². The van der Waals surface area contributed by atoms with Crippen molar-refractivity contribution in [3.05, 3.63) is 29.8 Å². The van der Waals surface area contributed by atoms with E-state index in [9.17, 15) is 0 Å². The summed E-state index contributed by atoms with van der Waals surface area (Å²) in [7, 11) is 3.02. The summed E-state index contributed by atoms with van der Waals surface area (Å²) in [6.45, 7) is 5.12. The maximum Gasteiger partial charge on any atom is 0.119 e. The Morgan fingerprint density at radius 2 is 1.82 bits per heavy atom. The van der Waals surface area contributed by atoms with Gasteiger partial charge in [-0.2, -0.15) is 0 Å². The zero-order chi connectivity index (χ0) is 12.3. The number of hydrogen-bond donors (Lipinski definition) is 0. The average Bonchev–Trinajstić information content (AvgIpc) is 2.31. The van der Waals surface area contributed by atoms with Crippen LogP contribution < -0.4 is 4.74 Å². The molecule has 0 aromatic heterocycles. The third-order valence-corrected chi connectivity index (χ3v) is 4.37. The maximum absolute atomic E-state index is 5.48. The van der Waals surface area contributed by atoms with Gasteiger partial charge in [0, 0.05) is 0 Å². The van der Waals surface area contributed by atoms with Gasteiger partial charge in [-0.3, -0.25) is 0 Å². The molecular formula is C15H23OP. The Labute approximate surface area is 107 Å². The molecule has 0 N–H and O–H groups in total. The molecule has 0 aliphatic heterocycles. The first-order valence-corrected chi connectivity index (χ1v) is 7.20. The fraction of sp³-hybridized carbons (Fsp3) is 0.600. The summed E-state index contributed by atoms with van der Waals surface area (Å²) < 4.78 is 5.48. The van der Waals surface area contributed by atoms with Gasteiger partial charge in [0.15, 0.2) is 0 Å². The molecule has 1 aliphatic rings. The smallest absolute Gasteiger partial charge is 0.119 e. The molecule has 1 aromatic rings. The van der Waals surface area contributed by atoms with Gasteiger partial charge < -0.3 is 4.74 Å². The molecular weight excluding hydrogens is 227 g/mol. The Balaban J connectivity index is 1.99. The first-order chi connectivity index (χ1) is 8.11. The summed E-state index contributed by atoms with van der Waals surface area (Å²) in [5, 5.41) is 0.474. The Morgan fingerprint density at radius 3 is 2.35 bits per heavy atom. The zero-order valence-electron chi connectivity index (χ0n) is 10.9. The van der Waals surface area contributed by atoms with E-state index in [4.69, 9.17) is 4.74 Å². The SMILES string of the molecule is CCOc1ccc(C2CCC(C)(P)CC2)cc1. The Hall–Kier alpha value is -0.550. The molecule has 94 valence electrons. The fourth-order valence-corrected chi connectivity index (χ4v) is 2.95. The van der Waals surface area contributed by atoms with E-state index in [0.717, 1.165) is 18.3 Å². The highest BCUT2D eigenvalue weighted by atomic mass is 31.0. The van der Waals surface area contributed by atoms with E-state index in [1.807, 2.05) is 6.92 Å². The van der Waals surface area contributed by atoms with Crippen LogP contribution in [-0.4, -0.2) is 11.8 Å². The van der Waals surface area contributed by atoms with Crippen molar-refractivity contribution < 1.29 is 4.74 Å². The van der Waals surface area contributed by atoms with Crippen LogP contribution in [0.3, 0.4) is 0 Å². The molecule has 1 atom stereocenters. The second-order valence-electron chi connectivity index (χ2n) is 5.43. The predicted octanol–water partition coefficient (Wildman–Crippen LogP) is 4.38. The van der Waals surface area contributed by atoms with E-state index in [1.54, 1.807) is 0 Å². The minimum Gasteiger partial charge on any atom is -0.494 e. The lowest BCUT2D eigenvalue weighted by molar-refractivity contribution is 0.339. The average molecular weight is 250 g/mol. The molecule has 1 aliphatic carbocycles. The third-order valence-electron chi connectivity index (χ3n) is 3.79. The van der Waals surface area contributed by atoms with Gasteiger partial charge in [0.2, 0.25) is 0 Å². The molecule has 1 nitrogen and oxygen atoms in total. The van der Waals surface area contributed by atoms with Crippen molar-refractivity contribution in [1.29, 1.82) is 0 Å². The van der Waals surface area contributed by atoms with Crippen LogP contribution in [0.4, 0.5) is 0 Å². The molecule has 0 spiro atoms. The monoisotopic (exact) mass is 250 g/mol. The quantitative estimate of drug-likeness (QED) is 0.723. The van der Waals surface area contributed by atoms with Gasteiger partial charge in [0.25, 0.3) is 0 Å². The fourth-order valence-electron chi connectivity index (χ4n) is 2.61. The van der Waals surface area contributed by atoms with Crippen LogP contribution in [0.25, 0.3) is 0 Å². The van der Waals surface area contributed by atoms with Crippen molar-refractivity contribution in [2.45, 2.75) is 50.6 Å². The van der Waals surface area contributed by atoms with Gasteiger partial charge in [0.1, 0.15) is 5.75 Å². The molecule has 1 saturated carbocycles. The van der Waals surface area contributed by atoms with E-state index in [1.165, 1.54) is 31.2 Å². The number of ether oxygens (including phenoxy) is 1. The van der Waals surface area contributed by atoms with Crippen LogP contribution in [0.1, 0.15) is 51.0 Å². The van der Waals surface area contributed by atoms with Crippen molar-refractivity contribution >= 4 is 9.24 Å². The molecule has 0 radical (unpaired) electrons. The van der Waals surface area contributed by atoms with Crippen LogP contribution in [0.2, 0.25) is 0 Å². The molecule has 1 fully saturated rings.